The molecule has 0 unspecified atom stereocenters. The lowest BCUT2D eigenvalue weighted by molar-refractivity contribution is 0.0745. The summed E-state index contributed by atoms with van der Waals surface area (Å²) < 4.78 is 1.76. The Bertz CT molecular complexity index is 1050. The van der Waals surface area contributed by atoms with Crippen molar-refractivity contribution in [3.05, 3.63) is 53.0 Å². The van der Waals surface area contributed by atoms with Crippen LogP contribution in [0.2, 0.25) is 0 Å². The van der Waals surface area contributed by atoms with E-state index in [-0.39, 0.29) is 5.91 Å². The van der Waals surface area contributed by atoms with E-state index in [0.717, 1.165) is 28.7 Å². The van der Waals surface area contributed by atoms with Gasteiger partial charge >= 0.3 is 0 Å². The summed E-state index contributed by atoms with van der Waals surface area (Å²) in [4.78, 5) is 21.4. The van der Waals surface area contributed by atoms with E-state index in [9.17, 15) is 4.79 Å². The van der Waals surface area contributed by atoms with Crippen LogP contribution in [0.3, 0.4) is 0 Å². The first-order valence-electron chi connectivity index (χ1n) is 10.0. The number of amides is 1. The standard InChI is InChI=1S/C21H26N8O/c1-14-6-5-7-17(22-14)23-18-8-9-19(25-24-18)28-10-12-29(13-11-28)21(30)20-15(2)26-27(4)16(20)3/h5-9H,10-13H2,1-4H3,(H,22,23,24). The van der Waals surface area contributed by atoms with Crippen molar-refractivity contribution in [1.82, 2.24) is 29.9 Å². The Labute approximate surface area is 175 Å². The van der Waals surface area contributed by atoms with Gasteiger partial charge in [0.1, 0.15) is 5.82 Å². The van der Waals surface area contributed by atoms with Crippen LogP contribution in [0.15, 0.2) is 30.3 Å². The van der Waals surface area contributed by atoms with E-state index >= 15 is 0 Å². The number of aryl methyl sites for hydroxylation is 3. The number of piperazine rings is 1. The smallest absolute Gasteiger partial charge is 0.257 e. The van der Waals surface area contributed by atoms with Crippen molar-refractivity contribution in [2.75, 3.05) is 36.4 Å². The van der Waals surface area contributed by atoms with Crippen LogP contribution in [0, 0.1) is 20.8 Å². The van der Waals surface area contributed by atoms with Gasteiger partial charge in [0.25, 0.3) is 5.91 Å². The van der Waals surface area contributed by atoms with Gasteiger partial charge in [-0.15, -0.1) is 10.2 Å². The number of hydrogen-bond donors (Lipinski definition) is 1. The first kappa shape index (κ1) is 19.8. The highest BCUT2D eigenvalue weighted by Gasteiger charge is 2.27. The third kappa shape index (κ3) is 3.96. The molecule has 1 fully saturated rings. The van der Waals surface area contributed by atoms with Crippen molar-refractivity contribution >= 4 is 23.4 Å². The van der Waals surface area contributed by atoms with Gasteiger partial charge in [0.2, 0.25) is 0 Å². The van der Waals surface area contributed by atoms with Gasteiger partial charge < -0.3 is 15.1 Å². The Kier molecular flexibility index (Phi) is 5.35. The summed E-state index contributed by atoms with van der Waals surface area (Å²) in [5.41, 5.74) is 3.33. The topological polar surface area (TPSA) is 92.1 Å². The monoisotopic (exact) mass is 406 g/mol. The minimum absolute atomic E-state index is 0.0500. The van der Waals surface area contributed by atoms with Crippen molar-refractivity contribution in [2.24, 2.45) is 7.05 Å². The summed E-state index contributed by atoms with van der Waals surface area (Å²) in [5, 5.41) is 16.1. The van der Waals surface area contributed by atoms with E-state index in [4.69, 9.17) is 0 Å². The quantitative estimate of drug-likeness (QED) is 0.710. The van der Waals surface area contributed by atoms with Gasteiger partial charge in [-0.3, -0.25) is 9.48 Å². The number of nitrogens with one attached hydrogen (secondary N) is 1. The van der Waals surface area contributed by atoms with Gasteiger partial charge in [-0.25, -0.2) is 4.98 Å². The third-order valence-corrected chi connectivity index (χ3v) is 5.41. The number of rotatable bonds is 4. The van der Waals surface area contributed by atoms with Crippen LogP contribution < -0.4 is 10.2 Å². The van der Waals surface area contributed by atoms with Crippen molar-refractivity contribution in [2.45, 2.75) is 20.8 Å². The zero-order chi connectivity index (χ0) is 21.3. The summed E-state index contributed by atoms with van der Waals surface area (Å²) in [7, 11) is 1.86. The zero-order valence-electron chi connectivity index (χ0n) is 17.8. The van der Waals surface area contributed by atoms with Gasteiger partial charge in [0, 0.05) is 44.6 Å². The average Bonchev–Trinajstić information content (AvgIpc) is 3.00. The van der Waals surface area contributed by atoms with Crippen molar-refractivity contribution in [1.29, 1.82) is 0 Å². The molecule has 4 rings (SSSR count). The molecule has 0 spiro atoms. The Morgan fingerprint density at radius 1 is 0.967 bits per heavy atom. The number of aromatic nitrogens is 5. The molecule has 156 valence electrons. The zero-order valence-corrected chi connectivity index (χ0v) is 17.8. The number of hydrogen-bond acceptors (Lipinski definition) is 7. The Balaban J connectivity index is 1.37. The summed E-state index contributed by atoms with van der Waals surface area (Å²) in [6.07, 6.45) is 0. The van der Waals surface area contributed by atoms with Crippen molar-refractivity contribution in [3.8, 4) is 0 Å². The maximum absolute atomic E-state index is 13.0. The molecule has 1 amide bonds. The predicted molar refractivity (Wildman–Crippen MR) is 115 cm³/mol. The van der Waals surface area contributed by atoms with Crippen LogP contribution in [-0.4, -0.2) is 61.9 Å². The fraction of sp³-hybridized carbons (Fsp3) is 0.381. The highest BCUT2D eigenvalue weighted by atomic mass is 16.2. The molecule has 9 nitrogen and oxygen atoms in total. The van der Waals surface area contributed by atoms with Crippen molar-refractivity contribution < 1.29 is 4.79 Å². The molecule has 3 aromatic heterocycles. The number of anilines is 3. The molecule has 3 aromatic rings. The maximum Gasteiger partial charge on any atom is 0.257 e. The second-order valence-corrected chi connectivity index (χ2v) is 7.51. The fourth-order valence-electron chi connectivity index (χ4n) is 3.68. The number of carbonyl (C=O) groups excluding carboxylic acids is 1. The summed E-state index contributed by atoms with van der Waals surface area (Å²) >= 11 is 0. The lowest BCUT2D eigenvalue weighted by Crippen LogP contribution is -2.49. The molecule has 4 heterocycles. The maximum atomic E-state index is 13.0. The van der Waals surface area contributed by atoms with Crippen LogP contribution in [0.5, 0.6) is 0 Å². The predicted octanol–water partition coefficient (Wildman–Crippen LogP) is 2.24. The molecule has 1 aliphatic heterocycles. The molecule has 0 radical (unpaired) electrons. The summed E-state index contributed by atoms with van der Waals surface area (Å²) in [6, 6.07) is 9.62. The first-order valence-corrected chi connectivity index (χ1v) is 10.0. The van der Waals surface area contributed by atoms with E-state index < -0.39 is 0 Å². The first-order chi connectivity index (χ1) is 14.4. The normalized spacial score (nSPS) is 14.1. The van der Waals surface area contributed by atoms with E-state index in [2.05, 4.69) is 30.5 Å². The van der Waals surface area contributed by atoms with E-state index in [1.165, 1.54) is 0 Å². The van der Waals surface area contributed by atoms with Gasteiger partial charge in [-0.1, -0.05) is 6.07 Å². The van der Waals surface area contributed by atoms with E-state index in [1.807, 2.05) is 63.1 Å². The second-order valence-electron chi connectivity index (χ2n) is 7.51. The van der Waals surface area contributed by atoms with Crippen LogP contribution in [0.1, 0.15) is 27.4 Å². The minimum Gasteiger partial charge on any atom is -0.352 e. The van der Waals surface area contributed by atoms with Crippen LogP contribution in [0.4, 0.5) is 17.5 Å². The number of pyridine rings is 1. The van der Waals surface area contributed by atoms with Gasteiger partial charge in [0.05, 0.1) is 11.3 Å². The fourth-order valence-corrected chi connectivity index (χ4v) is 3.68. The molecule has 1 aliphatic rings. The molecule has 0 saturated carbocycles. The molecule has 9 heteroatoms. The van der Waals surface area contributed by atoms with Gasteiger partial charge in [-0.05, 0) is 45.0 Å². The van der Waals surface area contributed by atoms with Crippen LogP contribution in [-0.2, 0) is 7.05 Å². The molecule has 0 aliphatic carbocycles. The number of carbonyl (C=O) groups is 1. The van der Waals surface area contributed by atoms with E-state index in [1.54, 1.807) is 4.68 Å². The Hall–Kier alpha value is -3.49. The molecule has 0 bridgehead atoms. The molecule has 0 aromatic carbocycles. The average molecular weight is 406 g/mol. The molecular weight excluding hydrogens is 380 g/mol. The van der Waals surface area contributed by atoms with Crippen molar-refractivity contribution in [3.63, 3.8) is 0 Å². The third-order valence-electron chi connectivity index (χ3n) is 5.41. The Morgan fingerprint density at radius 2 is 1.73 bits per heavy atom. The summed E-state index contributed by atoms with van der Waals surface area (Å²) in [5.74, 6) is 2.24. The highest BCUT2D eigenvalue weighted by molar-refractivity contribution is 5.96. The SMILES string of the molecule is Cc1cccc(Nc2ccc(N3CCN(C(=O)c4c(C)nn(C)c4C)CC3)nn2)n1. The molecule has 30 heavy (non-hydrogen) atoms. The lowest BCUT2D eigenvalue weighted by Gasteiger charge is -2.35. The van der Waals surface area contributed by atoms with Gasteiger partial charge in [-0.2, -0.15) is 5.10 Å². The second kappa shape index (κ2) is 8.10. The van der Waals surface area contributed by atoms with E-state index in [0.29, 0.717) is 37.6 Å². The van der Waals surface area contributed by atoms with Crippen LogP contribution >= 0.6 is 0 Å². The molecule has 1 N–H and O–H groups in total. The van der Waals surface area contributed by atoms with Gasteiger partial charge in [0.15, 0.2) is 11.6 Å². The largest absolute Gasteiger partial charge is 0.352 e. The summed E-state index contributed by atoms with van der Waals surface area (Å²) in [6.45, 7) is 8.47. The highest BCUT2D eigenvalue weighted by Crippen LogP contribution is 2.19. The minimum atomic E-state index is 0.0500. The molecule has 0 atom stereocenters. The number of nitrogens with zero attached hydrogens (tertiary/aromatic N) is 7. The lowest BCUT2D eigenvalue weighted by atomic mass is 10.1. The van der Waals surface area contributed by atoms with Crippen LogP contribution in [0.25, 0.3) is 0 Å². The Morgan fingerprint density at radius 3 is 2.33 bits per heavy atom. The molecular formula is C21H26N8O. The molecule has 1 saturated heterocycles.